The van der Waals surface area contributed by atoms with E-state index in [1.54, 1.807) is 18.2 Å². The number of piperazine rings is 1. The molecule has 1 N–H and O–H groups in total. The Morgan fingerprint density at radius 3 is 2.41 bits per heavy atom. The van der Waals surface area contributed by atoms with Crippen LogP contribution in [0.2, 0.25) is 0 Å². The van der Waals surface area contributed by atoms with Crippen LogP contribution in [0.3, 0.4) is 0 Å². The monoisotopic (exact) mass is 392 g/mol. The number of aryl methyl sites for hydroxylation is 1. The molecule has 1 saturated heterocycles. The lowest BCUT2D eigenvalue weighted by Gasteiger charge is -2.34. The predicted octanol–water partition coefficient (Wildman–Crippen LogP) is 1.67. The number of amides is 1. The lowest BCUT2D eigenvalue weighted by Crippen LogP contribution is -2.48. The molecule has 1 aliphatic rings. The second-order valence-electron chi connectivity index (χ2n) is 7.29. The van der Waals surface area contributed by atoms with Crippen molar-refractivity contribution in [2.45, 2.75) is 20.0 Å². The van der Waals surface area contributed by atoms with Crippen LogP contribution in [-0.2, 0) is 13.1 Å². The molecule has 2 aromatic carbocycles. The van der Waals surface area contributed by atoms with Crippen LogP contribution in [0.1, 0.15) is 22.8 Å². The Morgan fingerprint density at radius 2 is 1.72 bits per heavy atom. The summed E-state index contributed by atoms with van der Waals surface area (Å²) in [6, 6.07) is 15.4. The number of nitrogens with zero attached hydrogens (tertiary/aromatic N) is 3. The molecule has 7 heteroatoms. The smallest absolute Gasteiger partial charge is 0.316 e. The number of hydrogen-bond acceptors (Lipinski definition) is 4. The zero-order chi connectivity index (χ0) is 20.4. The highest BCUT2D eigenvalue weighted by Crippen LogP contribution is 2.15. The Kier molecular flexibility index (Phi) is 5.31. The van der Waals surface area contributed by atoms with Gasteiger partial charge in [-0.25, -0.2) is 0 Å². The molecule has 0 atom stereocenters. The van der Waals surface area contributed by atoms with Gasteiger partial charge >= 0.3 is 11.1 Å². The van der Waals surface area contributed by atoms with Crippen molar-refractivity contribution in [2.24, 2.45) is 0 Å². The zero-order valence-electron chi connectivity index (χ0n) is 16.4. The Morgan fingerprint density at radius 1 is 1.00 bits per heavy atom. The third-order valence-corrected chi connectivity index (χ3v) is 5.45. The van der Waals surface area contributed by atoms with E-state index in [4.69, 9.17) is 0 Å². The van der Waals surface area contributed by atoms with Crippen LogP contribution < -0.4 is 11.1 Å². The summed E-state index contributed by atoms with van der Waals surface area (Å²) in [5.74, 6) is -0.0543. The predicted molar refractivity (Wildman–Crippen MR) is 112 cm³/mol. The maximum absolute atomic E-state index is 13.0. The van der Waals surface area contributed by atoms with Crippen LogP contribution in [0, 0.1) is 0 Å². The summed E-state index contributed by atoms with van der Waals surface area (Å²) in [6.45, 7) is 6.06. The lowest BCUT2D eigenvalue weighted by molar-refractivity contribution is 0.0628. The zero-order valence-corrected chi connectivity index (χ0v) is 16.4. The minimum Gasteiger partial charge on any atom is -0.336 e. The molecule has 2 heterocycles. The van der Waals surface area contributed by atoms with E-state index < -0.39 is 11.1 Å². The van der Waals surface area contributed by atoms with Crippen molar-refractivity contribution in [1.29, 1.82) is 0 Å². The molecule has 29 heavy (non-hydrogen) atoms. The summed E-state index contributed by atoms with van der Waals surface area (Å²) in [6.07, 6.45) is 0. The van der Waals surface area contributed by atoms with E-state index >= 15 is 0 Å². The van der Waals surface area contributed by atoms with Gasteiger partial charge in [0.1, 0.15) is 0 Å². The van der Waals surface area contributed by atoms with E-state index in [2.05, 4.69) is 22.0 Å². The molecule has 150 valence electrons. The van der Waals surface area contributed by atoms with Crippen molar-refractivity contribution in [3.05, 3.63) is 80.4 Å². The normalized spacial score (nSPS) is 15.0. The first-order valence-electron chi connectivity index (χ1n) is 9.89. The first-order valence-corrected chi connectivity index (χ1v) is 9.89. The Hall–Kier alpha value is -3.19. The van der Waals surface area contributed by atoms with Gasteiger partial charge in [-0.2, -0.15) is 0 Å². The number of rotatable bonds is 4. The van der Waals surface area contributed by atoms with Crippen molar-refractivity contribution >= 4 is 16.9 Å². The number of H-pyrrole nitrogens is 1. The van der Waals surface area contributed by atoms with Gasteiger partial charge in [-0.3, -0.25) is 19.3 Å². The Labute approximate surface area is 168 Å². The van der Waals surface area contributed by atoms with E-state index in [0.29, 0.717) is 36.2 Å². The van der Waals surface area contributed by atoms with Gasteiger partial charge in [0.05, 0.1) is 11.0 Å². The van der Waals surface area contributed by atoms with Gasteiger partial charge in [-0.05, 0) is 30.7 Å². The number of fused-ring (bicyclic) bond motifs is 1. The molecule has 0 bridgehead atoms. The molecule has 4 rings (SSSR count). The molecular weight excluding hydrogens is 368 g/mol. The molecule has 3 aromatic rings. The van der Waals surface area contributed by atoms with Crippen molar-refractivity contribution < 1.29 is 4.79 Å². The fraction of sp³-hybridized carbons (Fsp3) is 0.318. The SMILES string of the molecule is CCn1c(=O)c(=O)[nH]c2cc(C(=O)N3CCN(Cc4ccccc4)CC3)ccc21. The fourth-order valence-electron chi connectivity index (χ4n) is 3.86. The van der Waals surface area contributed by atoms with Gasteiger partial charge in [0.25, 0.3) is 5.91 Å². The van der Waals surface area contributed by atoms with Crippen molar-refractivity contribution in [2.75, 3.05) is 26.2 Å². The molecule has 0 aliphatic carbocycles. The number of carbonyl (C=O) groups is 1. The summed E-state index contributed by atoms with van der Waals surface area (Å²) in [5.41, 5.74) is 1.68. The summed E-state index contributed by atoms with van der Waals surface area (Å²) < 4.78 is 1.42. The fourth-order valence-corrected chi connectivity index (χ4v) is 3.86. The maximum atomic E-state index is 13.0. The number of nitrogens with one attached hydrogen (secondary N) is 1. The first kappa shape index (κ1) is 19.1. The largest absolute Gasteiger partial charge is 0.336 e. The molecule has 0 unspecified atom stereocenters. The van der Waals surface area contributed by atoms with Crippen molar-refractivity contribution in [1.82, 2.24) is 19.4 Å². The first-order chi connectivity index (χ1) is 14.1. The van der Waals surface area contributed by atoms with Gasteiger partial charge in [0.15, 0.2) is 0 Å². The van der Waals surface area contributed by atoms with E-state index in [1.807, 2.05) is 30.0 Å². The highest BCUT2D eigenvalue weighted by Gasteiger charge is 2.22. The van der Waals surface area contributed by atoms with Crippen LogP contribution in [0.25, 0.3) is 11.0 Å². The second kappa shape index (κ2) is 8.05. The molecule has 1 aromatic heterocycles. The molecule has 7 nitrogen and oxygen atoms in total. The number of aromatic amines is 1. The Balaban J connectivity index is 1.49. The summed E-state index contributed by atoms with van der Waals surface area (Å²) >= 11 is 0. The summed E-state index contributed by atoms with van der Waals surface area (Å²) in [5, 5.41) is 0. The third kappa shape index (κ3) is 3.86. The second-order valence-corrected chi connectivity index (χ2v) is 7.29. The molecule has 0 radical (unpaired) electrons. The average molecular weight is 392 g/mol. The highest BCUT2D eigenvalue weighted by molar-refractivity contribution is 5.97. The maximum Gasteiger partial charge on any atom is 0.316 e. The van der Waals surface area contributed by atoms with E-state index in [1.165, 1.54) is 10.1 Å². The average Bonchev–Trinajstić information content (AvgIpc) is 2.75. The minimum atomic E-state index is -0.668. The van der Waals surface area contributed by atoms with Gasteiger partial charge in [0.2, 0.25) is 0 Å². The van der Waals surface area contributed by atoms with Crippen LogP contribution in [0.5, 0.6) is 0 Å². The van der Waals surface area contributed by atoms with Gasteiger partial charge in [-0.1, -0.05) is 30.3 Å². The third-order valence-electron chi connectivity index (χ3n) is 5.45. The standard InChI is InChI=1S/C22H24N4O3/c1-2-26-19-9-8-17(14-18(19)23-20(27)22(26)29)21(28)25-12-10-24(11-13-25)15-16-6-4-3-5-7-16/h3-9,14H,2,10-13,15H2,1H3,(H,23,27). The lowest BCUT2D eigenvalue weighted by atomic mass is 10.1. The summed E-state index contributed by atoms with van der Waals surface area (Å²) in [4.78, 5) is 43.6. The van der Waals surface area contributed by atoms with E-state index in [0.717, 1.165) is 19.6 Å². The van der Waals surface area contributed by atoms with Crippen LogP contribution in [0.15, 0.2) is 58.1 Å². The van der Waals surface area contributed by atoms with Gasteiger partial charge in [-0.15, -0.1) is 0 Å². The van der Waals surface area contributed by atoms with Crippen LogP contribution in [0.4, 0.5) is 0 Å². The topological polar surface area (TPSA) is 78.4 Å². The van der Waals surface area contributed by atoms with Gasteiger partial charge in [0, 0.05) is 44.8 Å². The number of benzene rings is 2. The van der Waals surface area contributed by atoms with Gasteiger partial charge < -0.3 is 14.5 Å². The minimum absolute atomic E-state index is 0.0543. The Bertz CT molecular complexity index is 1140. The van der Waals surface area contributed by atoms with E-state index in [-0.39, 0.29) is 5.91 Å². The van der Waals surface area contributed by atoms with Crippen LogP contribution in [-0.4, -0.2) is 51.4 Å². The highest BCUT2D eigenvalue weighted by atomic mass is 16.2. The molecule has 1 amide bonds. The summed E-state index contributed by atoms with van der Waals surface area (Å²) in [7, 11) is 0. The van der Waals surface area contributed by atoms with Crippen LogP contribution >= 0.6 is 0 Å². The molecule has 1 aliphatic heterocycles. The molecule has 1 fully saturated rings. The number of carbonyl (C=O) groups excluding carboxylic acids is 1. The number of hydrogen-bond donors (Lipinski definition) is 1. The quantitative estimate of drug-likeness (QED) is 0.685. The molecule has 0 spiro atoms. The van der Waals surface area contributed by atoms with E-state index in [9.17, 15) is 14.4 Å². The number of aromatic nitrogens is 2. The molecular formula is C22H24N4O3. The van der Waals surface area contributed by atoms with Crippen molar-refractivity contribution in [3.8, 4) is 0 Å². The van der Waals surface area contributed by atoms with Crippen molar-refractivity contribution in [3.63, 3.8) is 0 Å². The molecule has 0 saturated carbocycles.